The number of nitrogens with zero attached hydrogens (tertiary/aromatic N) is 4. The Morgan fingerprint density at radius 2 is 1.03 bits per heavy atom. The number of Topliss-reactive ketones (excluding diaryl/α,β-unsaturated/α-hetero) is 2. The number of amides is 4. The van der Waals surface area contributed by atoms with Gasteiger partial charge in [-0.3, -0.25) is 28.8 Å². The lowest BCUT2D eigenvalue weighted by Crippen LogP contribution is -2.32. The van der Waals surface area contributed by atoms with Gasteiger partial charge in [0.1, 0.15) is 11.5 Å². The lowest BCUT2D eigenvalue weighted by molar-refractivity contribution is -0.127. The van der Waals surface area contributed by atoms with Gasteiger partial charge in [0.2, 0.25) is 12.1 Å². The number of carbonyl (C=O) groups is 6. The van der Waals surface area contributed by atoms with Crippen molar-refractivity contribution in [1.29, 1.82) is 0 Å². The molecule has 0 aliphatic rings. The molecule has 0 aliphatic heterocycles. The highest BCUT2D eigenvalue weighted by atomic mass is 35.5. The zero-order chi connectivity index (χ0) is 51.2. The van der Waals surface area contributed by atoms with Crippen LogP contribution in [-0.4, -0.2) is 60.5 Å². The molecule has 366 valence electrons. The van der Waals surface area contributed by atoms with E-state index in [0.29, 0.717) is 52.8 Å². The number of carbonyl (C=O) groups excluding carboxylic acids is 6. The van der Waals surface area contributed by atoms with Crippen molar-refractivity contribution in [1.82, 2.24) is 0 Å². The van der Waals surface area contributed by atoms with Crippen molar-refractivity contribution in [2.45, 2.75) is 70.3 Å². The van der Waals surface area contributed by atoms with Crippen molar-refractivity contribution in [3.05, 3.63) is 129 Å². The van der Waals surface area contributed by atoms with Gasteiger partial charge < -0.3 is 30.7 Å². The molecular weight excluding hydrogens is 1010 g/mol. The van der Waals surface area contributed by atoms with Crippen LogP contribution in [0.3, 0.4) is 0 Å². The summed E-state index contributed by atoms with van der Waals surface area (Å²) in [5.74, 6) is -3.48. The van der Waals surface area contributed by atoms with E-state index in [4.69, 9.17) is 67.5 Å². The van der Waals surface area contributed by atoms with Crippen LogP contribution in [0.5, 0.6) is 11.5 Å². The zero-order valence-electron chi connectivity index (χ0n) is 38.5. The predicted molar refractivity (Wildman–Crippen MR) is 274 cm³/mol. The number of azo groups is 2. The van der Waals surface area contributed by atoms with Crippen LogP contribution in [0.15, 0.2) is 111 Å². The molecule has 0 spiro atoms. The van der Waals surface area contributed by atoms with Crippen LogP contribution in [0, 0.1) is 0 Å². The monoisotopic (exact) mass is 1050 g/mol. The first-order valence-corrected chi connectivity index (χ1v) is 23.7. The maximum atomic E-state index is 13.5. The first-order chi connectivity index (χ1) is 33.3. The van der Waals surface area contributed by atoms with Gasteiger partial charge in [-0.15, -0.1) is 34.8 Å². The number of rotatable bonds is 21. The summed E-state index contributed by atoms with van der Waals surface area (Å²) in [5, 5.41) is 26.4. The molecule has 21 heteroatoms. The number of anilines is 4. The molecule has 70 heavy (non-hydrogen) atoms. The molecule has 5 rings (SSSR count). The van der Waals surface area contributed by atoms with E-state index in [1.807, 2.05) is 0 Å². The molecule has 4 unspecified atom stereocenters. The molecule has 4 amide bonds. The first-order valence-electron chi connectivity index (χ1n) is 21.5. The van der Waals surface area contributed by atoms with Crippen molar-refractivity contribution < 1.29 is 38.2 Å². The van der Waals surface area contributed by atoms with E-state index < -0.39 is 58.0 Å². The minimum Gasteiger partial charge on any atom is -0.492 e. The van der Waals surface area contributed by atoms with Crippen LogP contribution in [-0.2, 0) is 25.1 Å². The Morgan fingerprint density at radius 1 is 0.586 bits per heavy atom. The van der Waals surface area contributed by atoms with Gasteiger partial charge in [-0.1, -0.05) is 47.5 Å². The smallest absolute Gasteiger partial charge is 0.258 e. The van der Waals surface area contributed by atoms with E-state index >= 15 is 0 Å². The van der Waals surface area contributed by atoms with E-state index in [2.05, 4.69) is 41.7 Å². The van der Waals surface area contributed by atoms with E-state index in [1.165, 1.54) is 54.6 Å². The summed E-state index contributed by atoms with van der Waals surface area (Å²) < 4.78 is 11.4. The van der Waals surface area contributed by atoms with Crippen LogP contribution >= 0.6 is 58.0 Å². The average Bonchev–Trinajstić information content (AvgIpc) is 3.30. The third kappa shape index (κ3) is 14.6. The van der Waals surface area contributed by atoms with Gasteiger partial charge in [0, 0.05) is 38.4 Å². The molecule has 0 saturated heterocycles. The summed E-state index contributed by atoms with van der Waals surface area (Å²) in [6.45, 7) is 10.1. The second kappa shape index (κ2) is 25.4. The van der Waals surface area contributed by atoms with Gasteiger partial charge in [0.25, 0.3) is 23.6 Å². The van der Waals surface area contributed by atoms with Gasteiger partial charge in [0.05, 0.1) is 46.7 Å². The Balaban J connectivity index is 1.28. The first kappa shape index (κ1) is 54.5. The number of ketones is 2. The minimum atomic E-state index is -1.64. The summed E-state index contributed by atoms with van der Waals surface area (Å²) in [6, 6.07) is 19.8. The van der Waals surface area contributed by atoms with Gasteiger partial charge in [-0.05, 0) is 125 Å². The van der Waals surface area contributed by atoms with Crippen LogP contribution in [0.1, 0.15) is 89.7 Å². The number of nitrogens with one attached hydrogen (secondary N) is 4. The molecule has 0 aliphatic carbocycles. The molecule has 0 radical (unpaired) electrons. The summed E-state index contributed by atoms with van der Waals surface area (Å²) in [4.78, 5) is 79.3. The van der Waals surface area contributed by atoms with Crippen molar-refractivity contribution in [2.75, 3.05) is 34.5 Å². The average molecular weight is 1050 g/mol. The standard InChI is InChI=1S/C49H47Cl5N8O8/c1-7-69-40-13-9-11-37(25(3)51)44(40)57-46(65)29-17-32(53)22-35(19-29)59-61-42(27(5)63)48(67)55-34-15-16-39(31(21-34)24-50)56-49(68)43(28(6)64)62-60-36-20-30(18-33(54)23-36)47(66)58-45-38(26(4)52)12-10-14-41(45)70-8-2/h9-23,25-26,42-43H,7-8,24H2,1-6H3,(H,55,67)(H,56,68)(H,57,65)(H,58,66). The normalized spacial score (nSPS) is 13.0. The fourth-order valence-electron chi connectivity index (χ4n) is 6.68. The maximum absolute atomic E-state index is 13.5. The Kier molecular flexibility index (Phi) is 19.8. The summed E-state index contributed by atoms with van der Waals surface area (Å²) >= 11 is 31.8. The molecular formula is C49H47Cl5N8O8. The second-order valence-electron chi connectivity index (χ2n) is 15.3. The van der Waals surface area contributed by atoms with Gasteiger partial charge in [-0.2, -0.15) is 20.5 Å². The van der Waals surface area contributed by atoms with Crippen molar-refractivity contribution in [3.8, 4) is 11.5 Å². The van der Waals surface area contributed by atoms with E-state index in [-0.39, 0.29) is 49.8 Å². The lowest BCUT2D eigenvalue weighted by Gasteiger charge is -2.17. The largest absolute Gasteiger partial charge is 0.492 e. The summed E-state index contributed by atoms with van der Waals surface area (Å²) in [5.41, 5.74) is 3.03. The van der Waals surface area contributed by atoms with E-state index in [9.17, 15) is 28.8 Å². The SMILES string of the molecule is CCOc1cccc(C(C)Cl)c1NC(=O)c1cc(Cl)cc(N=NC(C(C)=O)C(=O)Nc2ccc(NC(=O)C(N=Nc3cc(Cl)cc(C(=O)Nc4c(OCC)cccc4C(C)Cl)c3)C(C)=O)c(CCl)c2)c1. The quantitative estimate of drug-likeness (QED) is 0.0314. The fraction of sp³-hybridized carbons (Fsp3) is 0.265. The molecule has 0 bridgehead atoms. The topological polar surface area (TPSA) is 218 Å². The fourth-order valence-corrected chi connectivity index (χ4v) is 7.72. The third-order valence-electron chi connectivity index (χ3n) is 9.96. The highest BCUT2D eigenvalue weighted by Crippen LogP contribution is 2.38. The van der Waals surface area contributed by atoms with E-state index in [0.717, 1.165) is 13.8 Å². The van der Waals surface area contributed by atoms with Crippen LogP contribution in [0.25, 0.3) is 0 Å². The number of hydrogen-bond acceptors (Lipinski definition) is 12. The summed E-state index contributed by atoms with van der Waals surface area (Å²) in [6.07, 6.45) is 0. The van der Waals surface area contributed by atoms with Crippen LogP contribution in [0.4, 0.5) is 34.1 Å². The molecule has 4 N–H and O–H groups in total. The Bertz CT molecular complexity index is 2860. The number of ether oxygens (including phenoxy) is 2. The van der Waals surface area contributed by atoms with Gasteiger partial charge in [0.15, 0.2) is 11.6 Å². The molecule has 0 aromatic heterocycles. The Hall–Kier alpha value is -6.43. The van der Waals surface area contributed by atoms with Gasteiger partial charge in [-0.25, -0.2) is 0 Å². The zero-order valence-corrected chi connectivity index (χ0v) is 42.3. The van der Waals surface area contributed by atoms with Gasteiger partial charge >= 0.3 is 0 Å². The van der Waals surface area contributed by atoms with Crippen LogP contribution in [0.2, 0.25) is 10.0 Å². The van der Waals surface area contributed by atoms with Crippen molar-refractivity contribution >= 4 is 127 Å². The number of para-hydroxylation sites is 2. The maximum Gasteiger partial charge on any atom is 0.258 e. The number of halogens is 5. The Labute approximate surface area is 428 Å². The van der Waals surface area contributed by atoms with E-state index in [1.54, 1.807) is 64.1 Å². The van der Waals surface area contributed by atoms with Crippen molar-refractivity contribution in [2.24, 2.45) is 20.5 Å². The minimum absolute atomic E-state index is 0.0715. The molecule has 0 saturated carbocycles. The predicted octanol–water partition coefficient (Wildman–Crippen LogP) is 13.0. The molecule has 0 fully saturated rings. The molecule has 16 nitrogen and oxygen atoms in total. The highest BCUT2D eigenvalue weighted by Gasteiger charge is 2.27. The second-order valence-corrected chi connectivity index (χ2v) is 17.7. The number of benzene rings is 5. The third-order valence-corrected chi connectivity index (χ3v) is 11.2. The van der Waals surface area contributed by atoms with Crippen molar-refractivity contribution in [3.63, 3.8) is 0 Å². The molecule has 5 aromatic rings. The molecule has 4 atom stereocenters. The summed E-state index contributed by atoms with van der Waals surface area (Å²) in [7, 11) is 0. The highest BCUT2D eigenvalue weighted by molar-refractivity contribution is 6.32. The number of hydrogen-bond donors (Lipinski definition) is 4. The molecule has 5 aromatic carbocycles. The number of alkyl halides is 3. The lowest BCUT2D eigenvalue weighted by atomic mass is 10.1. The molecule has 0 heterocycles. The van der Waals surface area contributed by atoms with Crippen LogP contribution < -0.4 is 30.7 Å². The Morgan fingerprint density at radius 3 is 1.43 bits per heavy atom.